The molecule has 0 N–H and O–H groups in total. The molecule has 0 aliphatic rings. The Hall–Kier alpha value is 0.390. The van der Waals surface area contributed by atoms with E-state index < -0.39 is 0 Å². The summed E-state index contributed by atoms with van der Waals surface area (Å²) in [5.74, 6) is 0.743. The lowest BCUT2D eigenvalue weighted by molar-refractivity contribution is 0.0448. The molecule has 0 radical (unpaired) electrons. The van der Waals surface area contributed by atoms with Gasteiger partial charge in [-0.1, -0.05) is 13.8 Å². The van der Waals surface area contributed by atoms with E-state index in [-0.39, 0.29) is 5.34 Å². The monoisotopic (exact) mass is 162 g/mol. The summed E-state index contributed by atoms with van der Waals surface area (Å²) < 4.78 is 5.50. The Morgan fingerprint density at radius 3 is 2.20 bits per heavy atom. The van der Waals surface area contributed by atoms with Gasteiger partial charge in [-0.15, -0.1) is 9.24 Å². The molecule has 0 aliphatic heterocycles. The summed E-state index contributed by atoms with van der Waals surface area (Å²) in [6.07, 6.45) is 1.15. The molecule has 0 aromatic rings. The van der Waals surface area contributed by atoms with Crippen LogP contribution in [0.3, 0.4) is 0 Å². The van der Waals surface area contributed by atoms with Gasteiger partial charge in [0.1, 0.15) is 0 Å². The second-order valence-corrected chi connectivity index (χ2v) is 5.02. The molecule has 0 aromatic heterocycles. The second-order valence-electron chi connectivity index (χ2n) is 3.63. The minimum Gasteiger partial charge on any atom is -0.372 e. The van der Waals surface area contributed by atoms with Gasteiger partial charge in [-0.25, -0.2) is 0 Å². The molecule has 1 nitrogen and oxygen atoms in total. The molecule has 0 rings (SSSR count). The van der Waals surface area contributed by atoms with E-state index in [0.717, 1.165) is 18.9 Å². The summed E-state index contributed by atoms with van der Waals surface area (Å²) in [7, 11) is 2.68. The van der Waals surface area contributed by atoms with Crippen molar-refractivity contribution in [3.05, 3.63) is 0 Å². The van der Waals surface area contributed by atoms with Gasteiger partial charge in [0.05, 0.1) is 5.34 Å². The lowest BCUT2D eigenvalue weighted by atomic mass is 10.1. The standard InChI is InChI=1S/C8H19OP/c1-7(2)5-6-9-8(3,4)10/h7H,5-6,10H2,1-4H3. The van der Waals surface area contributed by atoms with Crippen LogP contribution in [0, 0.1) is 5.92 Å². The van der Waals surface area contributed by atoms with Crippen LogP contribution in [0.25, 0.3) is 0 Å². The molecule has 62 valence electrons. The van der Waals surface area contributed by atoms with E-state index in [1.165, 1.54) is 0 Å². The van der Waals surface area contributed by atoms with Gasteiger partial charge in [0.2, 0.25) is 0 Å². The number of hydrogen-bond donors (Lipinski definition) is 0. The molecule has 1 unspecified atom stereocenters. The molecular weight excluding hydrogens is 143 g/mol. The number of rotatable bonds is 4. The van der Waals surface area contributed by atoms with Gasteiger partial charge in [-0.2, -0.15) is 0 Å². The first-order valence-corrected chi connectivity index (χ1v) is 4.42. The molecule has 1 atom stereocenters. The Labute approximate surface area is 66.7 Å². The van der Waals surface area contributed by atoms with Crippen LogP contribution >= 0.6 is 9.24 Å². The van der Waals surface area contributed by atoms with Crippen LogP contribution < -0.4 is 0 Å². The van der Waals surface area contributed by atoms with Crippen molar-refractivity contribution in [1.82, 2.24) is 0 Å². The molecule has 0 spiro atoms. The van der Waals surface area contributed by atoms with Crippen molar-refractivity contribution in [3.8, 4) is 0 Å². The van der Waals surface area contributed by atoms with Gasteiger partial charge in [-0.05, 0) is 26.2 Å². The van der Waals surface area contributed by atoms with Gasteiger partial charge in [0, 0.05) is 6.61 Å². The first kappa shape index (κ1) is 10.4. The largest absolute Gasteiger partial charge is 0.372 e. The Bertz CT molecular complexity index is 83.7. The molecule has 0 aromatic carbocycles. The molecule has 10 heavy (non-hydrogen) atoms. The summed E-state index contributed by atoms with van der Waals surface area (Å²) in [5, 5.41) is -0.0467. The van der Waals surface area contributed by atoms with E-state index in [1.54, 1.807) is 0 Å². The summed E-state index contributed by atoms with van der Waals surface area (Å²) in [6.45, 7) is 9.39. The third-order valence-electron chi connectivity index (χ3n) is 1.17. The number of ether oxygens (including phenoxy) is 1. The van der Waals surface area contributed by atoms with Gasteiger partial charge >= 0.3 is 0 Å². The summed E-state index contributed by atoms with van der Waals surface area (Å²) in [5.41, 5.74) is 0. The average Bonchev–Trinajstić information content (AvgIpc) is 1.59. The highest BCUT2D eigenvalue weighted by Crippen LogP contribution is 2.18. The zero-order valence-corrected chi connectivity index (χ0v) is 8.63. The van der Waals surface area contributed by atoms with Crippen molar-refractivity contribution in [2.24, 2.45) is 5.92 Å². The van der Waals surface area contributed by atoms with Crippen LogP contribution in [0.2, 0.25) is 0 Å². The van der Waals surface area contributed by atoms with Gasteiger partial charge < -0.3 is 4.74 Å². The average molecular weight is 162 g/mol. The fourth-order valence-electron chi connectivity index (χ4n) is 0.558. The van der Waals surface area contributed by atoms with E-state index in [1.807, 2.05) is 0 Å². The molecule has 0 aliphatic carbocycles. The normalized spacial score (nSPS) is 12.6. The molecule has 0 fully saturated rings. The lowest BCUT2D eigenvalue weighted by Gasteiger charge is -2.19. The summed E-state index contributed by atoms with van der Waals surface area (Å²) in [6, 6.07) is 0. The first-order valence-electron chi connectivity index (χ1n) is 3.84. The Kier molecular flexibility index (Phi) is 4.47. The molecule has 0 heterocycles. The topological polar surface area (TPSA) is 9.23 Å². The molecule has 0 amide bonds. The Morgan fingerprint density at radius 2 is 1.90 bits per heavy atom. The third-order valence-corrected chi connectivity index (χ3v) is 1.34. The summed E-state index contributed by atoms with van der Waals surface area (Å²) in [4.78, 5) is 0. The molecular formula is C8H19OP. The van der Waals surface area contributed by atoms with E-state index in [9.17, 15) is 0 Å². The van der Waals surface area contributed by atoms with Gasteiger partial charge in [0.15, 0.2) is 0 Å². The Balaban J connectivity index is 3.21. The predicted molar refractivity (Wildman–Crippen MR) is 49.2 cm³/mol. The van der Waals surface area contributed by atoms with Crippen molar-refractivity contribution in [2.75, 3.05) is 6.61 Å². The maximum Gasteiger partial charge on any atom is 0.0757 e. The van der Waals surface area contributed by atoms with Crippen LogP contribution in [0.15, 0.2) is 0 Å². The van der Waals surface area contributed by atoms with Crippen molar-refractivity contribution < 1.29 is 4.74 Å². The van der Waals surface area contributed by atoms with Crippen molar-refractivity contribution in [2.45, 2.75) is 39.5 Å². The molecule has 2 heteroatoms. The molecule has 0 saturated heterocycles. The van der Waals surface area contributed by atoms with Crippen LogP contribution in [0.1, 0.15) is 34.1 Å². The maximum atomic E-state index is 5.50. The van der Waals surface area contributed by atoms with E-state index in [2.05, 4.69) is 36.9 Å². The van der Waals surface area contributed by atoms with Crippen molar-refractivity contribution >= 4 is 9.24 Å². The predicted octanol–water partition coefficient (Wildman–Crippen LogP) is 2.66. The van der Waals surface area contributed by atoms with Crippen LogP contribution in [-0.2, 0) is 4.74 Å². The van der Waals surface area contributed by atoms with Crippen LogP contribution in [-0.4, -0.2) is 11.9 Å². The van der Waals surface area contributed by atoms with Gasteiger partial charge in [-0.3, -0.25) is 0 Å². The number of hydrogen-bond acceptors (Lipinski definition) is 1. The molecule has 0 bridgehead atoms. The SMILES string of the molecule is CC(C)CCOC(C)(C)P. The van der Waals surface area contributed by atoms with Crippen LogP contribution in [0.4, 0.5) is 0 Å². The second kappa shape index (κ2) is 4.31. The quantitative estimate of drug-likeness (QED) is 0.577. The minimum atomic E-state index is -0.0467. The van der Waals surface area contributed by atoms with Crippen LogP contribution in [0.5, 0.6) is 0 Å². The lowest BCUT2D eigenvalue weighted by Crippen LogP contribution is -2.16. The minimum absolute atomic E-state index is 0.0467. The van der Waals surface area contributed by atoms with E-state index in [0.29, 0.717) is 0 Å². The highest BCUT2D eigenvalue weighted by molar-refractivity contribution is 7.18. The van der Waals surface area contributed by atoms with E-state index in [4.69, 9.17) is 4.74 Å². The highest BCUT2D eigenvalue weighted by atomic mass is 31.0. The summed E-state index contributed by atoms with van der Waals surface area (Å²) >= 11 is 0. The third kappa shape index (κ3) is 8.39. The van der Waals surface area contributed by atoms with Crippen molar-refractivity contribution in [3.63, 3.8) is 0 Å². The van der Waals surface area contributed by atoms with E-state index >= 15 is 0 Å². The van der Waals surface area contributed by atoms with Crippen molar-refractivity contribution in [1.29, 1.82) is 0 Å². The first-order chi connectivity index (χ1) is 4.42. The maximum absolute atomic E-state index is 5.50. The molecule has 0 saturated carbocycles. The Morgan fingerprint density at radius 1 is 1.40 bits per heavy atom. The smallest absolute Gasteiger partial charge is 0.0757 e. The van der Waals surface area contributed by atoms with Gasteiger partial charge in [0.25, 0.3) is 0 Å². The highest BCUT2D eigenvalue weighted by Gasteiger charge is 2.09. The fourth-order valence-corrected chi connectivity index (χ4v) is 0.676. The fraction of sp³-hybridized carbons (Fsp3) is 1.00. The zero-order valence-electron chi connectivity index (χ0n) is 7.48. The zero-order chi connectivity index (χ0) is 8.20.